The number of halogens is 3. The lowest BCUT2D eigenvalue weighted by atomic mass is 10.1. The highest BCUT2D eigenvalue weighted by Gasteiger charge is 2.32. The van der Waals surface area contributed by atoms with Gasteiger partial charge >= 0.3 is 6.18 Å². The Morgan fingerprint density at radius 3 is 2.79 bits per heavy atom. The summed E-state index contributed by atoms with van der Waals surface area (Å²) in [6, 6.07) is 2.02. The number of anilines is 1. The Morgan fingerprint density at radius 1 is 1.42 bits per heavy atom. The summed E-state index contributed by atoms with van der Waals surface area (Å²) >= 11 is 0.958. The number of alkyl halides is 3. The number of hydrogen-bond acceptors (Lipinski definition) is 5. The molecule has 1 aromatic heterocycles. The first-order valence-corrected chi connectivity index (χ1v) is 7.67. The van der Waals surface area contributed by atoms with Crippen LogP contribution in [0.5, 0.6) is 0 Å². The van der Waals surface area contributed by atoms with Crippen LogP contribution in [0.4, 0.5) is 18.3 Å². The third kappa shape index (κ3) is 4.53. The maximum Gasteiger partial charge on any atom is 0.416 e. The average molecular weight is 360 g/mol. The van der Waals surface area contributed by atoms with E-state index in [4.69, 9.17) is 9.47 Å². The number of benzene rings is 1. The SMILES string of the molecule is C=CC(=O)Nc1nc2c(COCCOC)cc(C(F)(F)F)cc2s1. The second-order valence-corrected chi connectivity index (χ2v) is 5.77. The molecule has 0 spiro atoms. The van der Waals surface area contributed by atoms with E-state index in [-0.39, 0.29) is 18.3 Å². The zero-order valence-electron chi connectivity index (χ0n) is 12.8. The molecule has 2 aromatic rings. The number of nitrogens with one attached hydrogen (secondary N) is 1. The molecule has 2 rings (SSSR count). The zero-order chi connectivity index (χ0) is 17.7. The molecule has 9 heteroatoms. The number of methoxy groups -OCH3 is 1. The highest BCUT2D eigenvalue weighted by Crippen LogP contribution is 2.36. The predicted molar refractivity (Wildman–Crippen MR) is 85.0 cm³/mol. The van der Waals surface area contributed by atoms with Gasteiger partial charge in [0.1, 0.15) is 0 Å². The van der Waals surface area contributed by atoms with Gasteiger partial charge in [0, 0.05) is 12.7 Å². The number of thiazole rings is 1. The van der Waals surface area contributed by atoms with Gasteiger partial charge in [0.15, 0.2) is 5.13 Å². The van der Waals surface area contributed by atoms with E-state index in [1.807, 2.05) is 0 Å². The minimum atomic E-state index is -4.48. The van der Waals surface area contributed by atoms with E-state index in [0.29, 0.717) is 22.4 Å². The van der Waals surface area contributed by atoms with Crippen LogP contribution in [0.2, 0.25) is 0 Å². The number of ether oxygens (including phenoxy) is 2. The molecule has 0 radical (unpaired) electrons. The van der Waals surface area contributed by atoms with Crippen molar-refractivity contribution in [2.75, 3.05) is 25.6 Å². The first kappa shape index (κ1) is 18.4. The molecule has 0 aliphatic rings. The third-order valence-electron chi connectivity index (χ3n) is 3.01. The number of nitrogens with zero attached hydrogens (tertiary/aromatic N) is 1. The van der Waals surface area contributed by atoms with Crippen LogP contribution >= 0.6 is 11.3 Å². The van der Waals surface area contributed by atoms with Crippen molar-refractivity contribution in [1.29, 1.82) is 0 Å². The van der Waals surface area contributed by atoms with E-state index in [2.05, 4.69) is 16.9 Å². The normalized spacial score (nSPS) is 11.7. The molecule has 1 aromatic carbocycles. The molecule has 1 N–H and O–H groups in total. The molecular weight excluding hydrogens is 345 g/mol. The van der Waals surface area contributed by atoms with Gasteiger partial charge < -0.3 is 9.47 Å². The van der Waals surface area contributed by atoms with Gasteiger partial charge in [-0.1, -0.05) is 17.9 Å². The summed E-state index contributed by atoms with van der Waals surface area (Å²) in [7, 11) is 1.50. The first-order valence-electron chi connectivity index (χ1n) is 6.86. The van der Waals surface area contributed by atoms with E-state index in [9.17, 15) is 18.0 Å². The van der Waals surface area contributed by atoms with Crippen LogP contribution in [0.25, 0.3) is 10.2 Å². The summed E-state index contributed by atoms with van der Waals surface area (Å²) in [4.78, 5) is 15.5. The van der Waals surface area contributed by atoms with E-state index in [1.54, 1.807) is 0 Å². The van der Waals surface area contributed by atoms with Crippen molar-refractivity contribution >= 4 is 32.6 Å². The molecule has 1 heterocycles. The Morgan fingerprint density at radius 2 is 2.17 bits per heavy atom. The van der Waals surface area contributed by atoms with Gasteiger partial charge in [-0.15, -0.1) is 0 Å². The molecule has 130 valence electrons. The van der Waals surface area contributed by atoms with Crippen LogP contribution in [0.3, 0.4) is 0 Å². The zero-order valence-corrected chi connectivity index (χ0v) is 13.6. The van der Waals surface area contributed by atoms with E-state index < -0.39 is 17.6 Å². The maximum atomic E-state index is 13.1. The number of fused-ring (bicyclic) bond motifs is 1. The van der Waals surface area contributed by atoms with Crippen LogP contribution in [-0.4, -0.2) is 31.2 Å². The van der Waals surface area contributed by atoms with Gasteiger partial charge in [-0.2, -0.15) is 13.2 Å². The lowest BCUT2D eigenvalue weighted by Gasteiger charge is -2.10. The van der Waals surface area contributed by atoms with E-state index in [0.717, 1.165) is 29.5 Å². The van der Waals surface area contributed by atoms with Crippen molar-refractivity contribution in [2.45, 2.75) is 12.8 Å². The molecule has 1 amide bonds. The molecule has 5 nitrogen and oxygen atoms in total. The quantitative estimate of drug-likeness (QED) is 0.605. The number of hydrogen-bond donors (Lipinski definition) is 1. The van der Waals surface area contributed by atoms with Crippen molar-refractivity contribution in [3.63, 3.8) is 0 Å². The molecule has 0 atom stereocenters. The fraction of sp³-hybridized carbons (Fsp3) is 0.333. The van der Waals surface area contributed by atoms with Gasteiger partial charge in [0.2, 0.25) is 5.91 Å². The number of aromatic nitrogens is 1. The topological polar surface area (TPSA) is 60.5 Å². The second-order valence-electron chi connectivity index (χ2n) is 4.74. The van der Waals surface area contributed by atoms with E-state index in [1.165, 1.54) is 7.11 Å². The Labute approximate surface area is 140 Å². The Bertz CT molecular complexity index is 743. The average Bonchev–Trinajstić information content (AvgIpc) is 2.92. The Balaban J connectivity index is 2.38. The van der Waals surface area contributed by atoms with Gasteiger partial charge in [-0.25, -0.2) is 4.98 Å². The summed E-state index contributed by atoms with van der Waals surface area (Å²) in [5, 5.41) is 2.65. The van der Waals surface area contributed by atoms with Crippen LogP contribution in [0.1, 0.15) is 11.1 Å². The number of carbonyl (C=O) groups is 1. The molecule has 0 bridgehead atoms. The molecule has 24 heavy (non-hydrogen) atoms. The van der Waals surface area contributed by atoms with Crippen molar-refractivity contribution < 1.29 is 27.4 Å². The third-order valence-corrected chi connectivity index (χ3v) is 3.92. The van der Waals surface area contributed by atoms with Crippen molar-refractivity contribution in [1.82, 2.24) is 4.98 Å². The van der Waals surface area contributed by atoms with Gasteiger partial charge in [-0.05, 0) is 18.2 Å². The number of rotatable bonds is 7. The standard InChI is InChI=1S/C15H15F3N2O3S/c1-3-12(21)19-14-20-13-9(8-23-5-4-22-2)6-10(15(16,17)18)7-11(13)24-14/h3,6-7H,1,4-5,8H2,2H3,(H,19,20,21). The molecule has 0 saturated heterocycles. The van der Waals surface area contributed by atoms with E-state index >= 15 is 0 Å². The molecule has 0 unspecified atom stereocenters. The van der Waals surface area contributed by atoms with Crippen LogP contribution in [-0.2, 0) is 27.1 Å². The summed E-state index contributed by atoms with van der Waals surface area (Å²) in [5.74, 6) is -0.483. The van der Waals surface area contributed by atoms with Crippen molar-refractivity contribution in [3.8, 4) is 0 Å². The highest BCUT2D eigenvalue weighted by atomic mass is 32.1. The van der Waals surface area contributed by atoms with Crippen molar-refractivity contribution in [2.24, 2.45) is 0 Å². The smallest absolute Gasteiger partial charge is 0.382 e. The molecule has 0 saturated carbocycles. The lowest BCUT2D eigenvalue weighted by Crippen LogP contribution is -2.08. The monoisotopic (exact) mass is 360 g/mol. The maximum absolute atomic E-state index is 13.1. The fourth-order valence-corrected chi connectivity index (χ4v) is 2.86. The molecular formula is C15H15F3N2O3S. The second kappa shape index (κ2) is 7.73. The van der Waals surface area contributed by atoms with Crippen molar-refractivity contribution in [3.05, 3.63) is 35.9 Å². The fourth-order valence-electron chi connectivity index (χ4n) is 1.91. The number of carbonyl (C=O) groups excluding carboxylic acids is 1. The predicted octanol–water partition coefficient (Wildman–Crippen LogP) is 3.60. The van der Waals surface area contributed by atoms with Crippen LogP contribution in [0.15, 0.2) is 24.8 Å². The highest BCUT2D eigenvalue weighted by molar-refractivity contribution is 7.22. The minimum absolute atomic E-state index is 0.0393. The summed E-state index contributed by atoms with van der Waals surface area (Å²) in [5.41, 5.74) is -0.123. The molecule has 0 aliphatic heterocycles. The largest absolute Gasteiger partial charge is 0.416 e. The molecule has 0 aliphatic carbocycles. The van der Waals surface area contributed by atoms with Crippen LogP contribution in [0, 0.1) is 0 Å². The Hall–Kier alpha value is -1.97. The van der Waals surface area contributed by atoms with Gasteiger partial charge in [0.25, 0.3) is 0 Å². The lowest BCUT2D eigenvalue weighted by molar-refractivity contribution is -0.137. The van der Waals surface area contributed by atoms with Gasteiger partial charge in [-0.3, -0.25) is 10.1 Å². The summed E-state index contributed by atoms with van der Waals surface area (Å²) < 4.78 is 49.6. The summed E-state index contributed by atoms with van der Waals surface area (Å²) in [6.07, 6.45) is -3.42. The minimum Gasteiger partial charge on any atom is -0.382 e. The number of amides is 1. The molecule has 0 fully saturated rings. The van der Waals surface area contributed by atoms with Crippen LogP contribution < -0.4 is 5.32 Å². The Kier molecular flexibility index (Phi) is 5.92. The summed E-state index contributed by atoms with van der Waals surface area (Å²) in [6.45, 7) is 3.86. The first-order chi connectivity index (χ1) is 11.3. The van der Waals surface area contributed by atoms with Gasteiger partial charge in [0.05, 0.1) is 35.6 Å².